The maximum atomic E-state index is 13.2. The summed E-state index contributed by atoms with van der Waals surface area (Å²) in [7, 11) is 0. The molecule has 3 N–H and O–H groups in total. The standard InChI is InChI=1S/C20H34N4O4/c1-11(2)9-13(21)18(27)23-8-7-14-16(23)15(26)10-24(14)19(28)17(20(4,5)6)22-12(3)25/h11,13-14,16-17H,7-10,21H2,1-6H3,(H,22,25). The third-order valence-electron chi connectivity index (χ3n) is 5.49. The number of carbonyl (C=O) groups excluding carboxylic acids is 4. The van der Waals surface area contributed by atoms with Crippen molar-refractivity contribution in [1.29, 1.82) is 0 Å². The number of nitrogens with zero attached hydrogens (tertiary/aromatic N) is 2. The molecule has 8 nitrogen and oxygen atoms in total. The third kappa shape index (κ3) is 4.54. The van der Waals surface area contributed by atoms with E-state index < -0.39 is 23.5 Å². The Morgan fingerprint density at radius 1 is 1.18 bits per heavy atom. The maximum Gasteiger partial charge on any atom is 0.246 e. The molecule has 2 aliphatic heterocycles. The first-order valence-corrected chi connectivity index (χ1v) is 10.0. The minimum atomic E-state index is -0.732. The van der Waals surface area contributed by atoms with Crippen molar-refractivity contribution in [2.45, 2.75) is 78.6 Å². The quantitative estimate of drug-likeness (QED) is 0.696. The molecule has 0 aromatic carbocycles. The van der Waals surface area contributed by atoms with Gasteiger partial charge in [-0.3, -0.25) is 19.2 Å². The highest BCUT2D eigenvalue weighted by atomic mass is 16.2. The predicted molar refractivity (Wildman–Crippen MR) is 105 cm³/mol. The van der Waals surface area contributed by atoms with Crippen LogP contribution in [0.2, 0.25) is 0 Å². The van der Waals surface area contributed by atoms with E-state index in [0.717, 1.165) is 0 Å². The predicted octanol–water partition coefficient (Wildman–Crippen LogP) is 0.291. The molecule has 0 saturated carbocycles. The summed E-state index contributed by atoms with van der Waals surface area (Å²) in [6.45, 7) is 11.4. The lowest BCUT2D eigenvalue weighted by atomic mass is 9.85. The van der Waals surface area contributed by atoms with Crippen LogP contribution in [0.5, 0.6) is 0 Å². The minimum absolute atomic E-state index is 0.0382. The van der Waals surface area contributed by atoms with E-state index in [0.29, 0.717) is 19.4 Å². The third-order valence-corrected chi connectivity index (χ3v) is 5.49. The summed E-state index contributed by atoms with van der Waals surface area (Å²) < 4.78 is 0. The van der Waals surface area contributed by atoms with Crippen molar-refractivity contribution >= 4 is 23.5 Å². The van der Waals surface area contributed by atoms with Crippen LogP contribution in [0.15, 0.2) is 0 Å². The molecule has 0 aliphatic carbocycles. The van der Waals surface area contributed by atoms with E-state index in [2.05, 4.69) is 5.32 Å². The second kappa shape index (κ2) is 8.19. The van der Waals surface area contributed by atoms with Crippen molar-refractivity contribution in [2.75, 3.05) is 13.1 Å². The number of likely N-dealkylation sites (tertiary alicyclic amines) is 2. The first-order valence-electron chi connectivity index (χ1n) is 10.0. The number of hydrogen-bond acceptors (Lipinski definition) is 5. The molecule has 2 aliphatic rings. The number of ketones is 1. The topological polar surface area (TPSA) is 113 Å². The highest BCUT2D eigenvalue weighted by Gasteiger charge is 2.53. The van der Waals surface area contributed by atoms with Gasteiger partial charge in [0.05, 0.1) is 18.6 Å². The van der Waals surface area contributed by atoms with Crippen LogP contribution in [0, 0.1) is 11.3 Å². The fourth-order valence-electron chi connectivity index (χ4n) is 4.20. The number of nitrogens with two attached hydrogens (primary N) is 1. The molecule has 2 fully saturated rings. The number of fused-ring (bicyclic) bond motifs is 1. The molecule has 0 aromatic heterocycles. The number of Topliss-reactive ketones (excluding diaryl/α,β-unsaturated/α-hetero) is 1. The molecule has 0 aromatic rings. The summed E-state index contributed by atoms with van der Waals surface area (Å²) >= 11 is 0. The zero-order valence-electron chi connectivity index (χ0n) is 17.8. The van der Waals surface area contributed by atoms with Crippen LogP contribution >= 0.6 is 0 Å². The number of nitrogens with one attached hydrogen (secondary N) is 1. The molecular formula is C20H34N4O4. The van der Waals surface area contributed by atoms with Gasteiger partial charge in [0.2, 0.25) is 17.7 Å². The molecule has 3 amide bonds. The van der Waals surface area contributed by atoms with Crippen LogP contribution in [-0.2, 0) is 19.2 Å². The summed E-state index contributed by atoms with van der Waals surface area (Å²) in [5, 5.41) is 2.72. The summed E-state index contributed by atoms with van der Waals surface area (Å²) in [5.41, 5.74) is 5.55. The second-order valence-electron chi connectivity index (χ2n) is 9.50. The van der Waals surface area contributed by atoms with Crippen LogP contribution < -0.4 is 11.1 Å². The zero-order chi connectivity index (χ0) is 21.4. The normalized spacial score (nSPS) is 24.4. The molecule has 2 rings (SSSR count). The van der Waals surface area contributed by atoms with Gasteiger partial charge in [-0.2, -0.15) is 0 Å². The van der Waals surface area contributed by atoms with Gasteiger partial charge in [-0.15, -0.1) is 0 Å². The van der Waals surface area contributed by atoms with E-state index in [4.69, 9.17) is 5.73 Å². The Kier molecular flexibility index (Phi) is 6.53. The number of hydrogen-bond donors (Lipinski definition) is 2. The average molecular weight is 395 g/mol. The zero-order valence-corrected chi connectivity index (χ0v) is 17.8. The van der Waals surface area contributed by atoms with Crippen LogP contribution in [0.4, 0.5) is 0 Å². The van der Waals surface area contributed by atoms with Crippen LogP contribution in [0.1, 0.15) is 54.4 Å². The summed E-state index contributed by atoms with van der Waals surface area (Å²) in [5.74, 6) is -0.656. The molecule has 0 radical (unpaired) electrons. The van der Waals surface area contributed by atoms with Gasteiger partial charge in [-0.05, 0) is 24.2 Å². The van der Waals surface area contributed by atoms with Gasteiger partial charge >= 0.3 is 0 Å². The van der Waals surface area contributed by atoms with Gasteiger partial charge in [0.1, 0.15) is 12.1 Å². The van der Waals surface area contributed by atoms with Gasteiger partial charge in [0.25, 0.3) is 0 Å². The number of amides is 3. The molecule has 0 bridgehead atoms. The first kappa shape index (κ1) is 22.3. The van der Waals surface area contributed by atoms with Crippen molar-refractivity contribution in [3.8, 4) is 0 Å². The smallest absolute Gasteiger partial charge is 0.246 e. The van der Waals surface area contributed by atoms with E-state index >= 15 is 0 Å². The Labute approximate surface area is 167 Å². The van der Waals surface area contributed by atoms with Crippen molar-refractivity contribution in [3.05, 3.63) is 0 Å². The highest BCUT2D eigenvalue weighted by Crippen LogP contribution is 2.32. The molecule has 158 valence electrons. The molecule has 0 spiro atoms. The van der Waals surface area contributed by atoms with E-state index in [1.165, 1.54) is 6.92 Å². The molecule has 4 atom stereocenters. The lowest BCUT2D eigenvalue weighted by Crippen LogP contribution is -2.56. The Morgan fingerprint density at radius 3 is 2.29 bits per heavy atom. The Bertz CT molecular complexity index is 655. The first-order chi connectivity index (χ1) is 12.8. The second-order valence-corrected chi connectivity index (χ2v) is 9.50. The van der Waals surface area contributed by atoms with E-state index in [1.807, 2.05) is 34.6 Å². The Hall–Kier alpha value is -1.96. The van der Waals surface area contributed by atoms with Crippen LogP contribution in [0.3, 0.4) is 0 Å². The summed E-state index contributed by atoms with van der Waals surface area (Å²) in [6.07, 6.45) is 1.09. The molecular weight excluding hydrogens is 360 g/mol. The van der Waals surface area contributed by atoms with Gasteiger partial charge in [0.15, 0.2) is 5.78 Å². The van der Waals surface area contributed by atoms with Gasteiger partial charge in [0, 0.05) is 13.5 Å². The Balaban J connectivity index is 2.20. The van der Waals surface area contributed by atoms with Crippen molar-refractivity contribution in [1.82, 2.24) is 15.1 Å². The van der Waals surface area contributed by atoms with Crippen LogP contribution in [0.25, 0.3) is 0 Å². The SMILES string of the molecule is CC(=O)NC(C(=O)N1CC(=O)C2C1CCN2C(=O)C(N)CC(C)C)C(C)(C)C. The van der Waals surface area contributed by atoms with Crippen molar-refractivity contribution < 1.29 is 19.2 Å². The largest absolute Gasteiger partial charge is 0.344 e. The summed E-state index contributed by atoms with van der Waals surface area (Å²) in [4.78, 5) is 53.4. The number of carbonyl (C=O) groups is 4. The Morgan fingerprint density at radius 2 is 1.79 bits per heavy atom. The highest BCUT2D eigenvalue weighted by molar-refractivity contribution is 5.99. The molecule has 2 saturated heterocycles. The van der Waals surface area contributed by atoms with E-state index in [1.54, 1.807) is 9.80 Å². The molecule has 2 heterocycles. The average Bonchev–Trinajstić information content (AvgIpc) is 3.11. The van der Waals surface area contributed by atoms with E-state index in [-0.39, 0.29) is 42.0 Å². The fraction of sp³-hybridized carbons (Fsp3) is 0.800. The van der Waals surface area contributed by atoms with Gasteiger partial charge < -0.3 is 20.9 Å². The molecule has 8 heteroatoms. The lowest BCUT2D eigenvalue weighted by molar-refractivity contribution is -0.140. The van der Waals surface area contributed by atoms with Gasteiger partial charge in [-0.1, -0.05) is 34.6 Å². The minimum Gasteiger partial charge on any atom is -0.344 e. The number of rotatable bonds is 5. The van der Waals surface area contributed by atoms with E-state index in [9.17, 15) is 19.2 Å². The molecule has 28 heavy (non-hydrogen) atoms. The monoisotopic (exact) mass is 394 g/mol. The lowest BCUT2D eigenvalue weighted by Gasteiger charge is -2.35. The molecule has 4 unspecified atom stereocenters. The van der Waals surface area contributed by atoms with Crippen molar-refractivity contribution in [2.24, 2.45) is 17.1 Å². The van der Waals surface area contributed by atoms with Crippen LogP contribution in [-0.4, -0.2) is 70.6 Å². The summed E-state index contributed by atoms with van der Waals surface area (Å²) in [6, 6.07) is -2.36. The maximum absolute atomic E-state index is 13.2. The fourth-order valence-corrected chi connectivity index (χ4v) is 4.20. The van der Waals surface area contributed by atoms with Crippen molar-refractivity contribution in [3.63, 3.8) is 0 Å². The van der Waals surface area contributed by atoms with Gasteiger partial charge in [-0.25, -0.2) is 0 Å².